The number of carboxylic acids is 1. The molecule has 0 aliphatic heterocycles. The first-order valence-electron chi connectivity index (χ1n) is 8.11. The fourth-order valence-corrected chi connectivity index (χ4v) is 3.17. The molecule has 144 valence electrons. The highest BCUT2D eigenvalue weighted by Crippen LogP contribution is 2.39. The first-order chi connectivity index (χ1) is 12.0. The molecule has 7 nitrogen and oxygen atoms in total. The molecule has 0 bridgehead atoms. The molecule has 0 atom stereocenters. The summed E-state index contributed by atoms with van der Waals surface area (Å²) in [5.74, 6) is -0.933. The summed E-state index contributed by atoms with van der Waals surface area (Å²) in [5.41, 5.74) is -1.70. The largest absolute Gasteiger partial charge is 0.480 e. The van der Waals surface area contributed by atoms with Gasteiger partial charge in [-0.25, -0.2) is 0 Å². The number of carbonyl (C=O) groups is 1. The fourth-order valence-electron chi connectivity index (χ4n) is 3.17. The Balaban J connectivity index is 2.12. The molecule has 0 spiro atoms. The summed E-state index contributed by atoms with van der Waals surface area (Å²) in [6, 6.07) is 1.57. The Labute approximate surface area is 147 Å². The number of nitrogens with one attached hydrogen (secondary N) is 1. The summed E-state index contributed by atoms with van der Waals surface area (Å²) in [6.07, 6.45) is -3.52. The summed E-state index contributed by atoms with van der Waals surface area (Å²) in [7, 11) is 0. The number of likely N-dealkylation sites (N-methyl/N-ethyl adjacent to an activating group) is 1. The van der Waals surface area contributed by atoms with Crippen LogP contribution in [0.2, 0.25) is 0 Å². The van der Waals surface area contributed by atoms with E-state index in [1.54, 1.807) is 4.90 Å². The van der Waals surface area contributed by atoms with Gasteiger partial charge in [-0.2, -0.15) is 13.2 Å². The molecule has 0 radical (unpaired) electrons. The van der Waals surface area contributed by atoms with Crippen molar-refractivity contribution in [2.45, 2.75) is 44.9 Å². The van der Waals surface area contributed by atoms with Gasteiger partial charge in [-0.15, -0.1) is 0 Å². The Kier molecular flexibility index (Phi) is 5.74. The molecule has 1 aliphatic carbocycles. The number of aliphatic carboxylic acids is 1. The number of anilines is 1. The van der Waals surface area contributed by atoms with E-state index in [1.165, 1.54) is 6.92 Å². The van der Waals surface area contributed by atoms with E-state index < -0.39 is 28.3 Å². The van der Waals surface area contributed by atoms with Gasteiger partial charge in [0.15, 0.2) is 0 Å². The van der Waals surface area contributed by atoms with Crippen LogP contribution in [0.25, 0.3) is 0 Å². The van der Waals surface area contributed by atoms with E-state index in [0.29, 0.717) is 25.5 Å². The van der Waals surface area contributed by atoms with Gasteiger partial charge in [-0.3, -0.25) is 19.8 Å². The van der Waals surface area contributed by atoms with E-state index >= 15 is 0 Å². The first-order valence-corrected chi connectivity index (χ1v) is 8.11. The van der Waals surface area contributed by atoms with E-state index in [1.807, 2.05) is 6.92 Å². The number of hydrogen-bond acceptors (Lipinski definition) is 5. The summed E-state index contributed by atoms with van der Waals surface area (Å²) < 4.78 is 38.9. The SMILES string of the molecule is CCN(CC(=O)O)C1CC(Nc2cc(C)c(C(F)(F)F)cc2[N+](=O)[O-])C1. The van der Waals surface area contributed by atoms with Crippen LogP contribution in [0.5, 0.6) is 0 Å². The fraction of sp³-hybridized carbons (Fsp3) is 0.562. The second kappa shape index (κ2) is 7.48. The average Bonchev–Trinajstić information content (AvgIpc) is 2.46. The quantitative estimate of drug-likeness (QED) is 0.561. The summed E-state index contributed by atoms with van der Waals surface area (Å²) in [4.78, 5) is 22.9. The third-order valence-electron chi connectivity index (χ3n) is 4.58. The lowest BCUT2D eigenvalue weighted by atomic mass is 9.85. The lowest BCUT2D eigenvalue weighted by molar-refractivity contribution is -0.384. The van der Waals surface area contributed by atoms with Crippen LogP contribution in [-0.2, 0) is 11.0 Å². The van der Waals surface area contributed by atoms with Crippen molar-refractivity contribution in [1.82, 2.24) is 4.90 Å². The lowest BCUT2D eigenvalue weighted by Crippen LogP contribution is -2.51. The van der Waals surface area contributed by atoms with Crippen molar-refractivity contribution in [3.8, 4) is 0 Å². The van der Waals surface area contributed by atoms with Crippen LogP contribution < -0.4 is 5.32 Å². The lowest BCUT2D eigenvalue weighted by Gasteiger charge is -2.42. The molecule has 0 saturated heterocycles. The van der Waals surface area contributed by atoms with Gasteiger partial charge in [0.05, 0.1) is 17.0 Å². The zero-order valence-electron chi connectivity index (χ0n) is 14.3. The molecule has 2 N–H and O–H groups in total. The normalized spacial score (nSPS) is 19.9. The monoisotopic (exact) mass is 375 g/mol. The van der Waals surface area contributed by atoms with Crippen molar-refractivity contribution in [2.24, 2.45) is 0 Å². The molecule has 1 aromatic carbocycles. The van der Waals surface area contributed by atoms with Crippen LogP contribution in [0.1, 0.15) is 30.9 Å². The van der Waals surface area contributed by atoms with Crippen LogP contribution in [0.3, 0.4) is 0 Å². The van der Waals surface area contributed by atoms with E-state index in [2.05, 4.69) is 5.32 Å². The van der Waals surface area contributed by atoms with Crippen LogP contribution >= 0.6 is 0 Å². The number of halogens is 3. The van der Waals surface area contributed by atoms with Gasteiger partial charge in [0.25, 0.3) is 5.69 Å². The molecule has 2 rings (SSSR count). The maximum atomic E-state index is 13.0. The van der Waals surface area contributed by atoms with Crippen LogP contribution in [0.4, 0.5) is 24.5 Å². The van der Waals surface area contributed by atoms with Gasteiger partial charge >= 0.3 is 12.1 Å². The number of nitro benzene ring substituents is 1. The highest BCUT2D eigenvalue weighted by Gasteiger charge is 2.37. The smallest absolute Gasteiger partial charge is 0.416 e. The van der Waals surface area contributed by atoms with E-state index in [0.717, 1.165) is 6.07 Å². The molecule has 1 aliphatic rings. The highest BCUT2D eigenvalue weighted by molar-refractivity contribution is 5.69. The molecule has 1 aromatic rings. The number of benzene rings is 1. The second-order valence-electron chi connectivity index (χ2n) is 6.36. The van der Waals surface area contributed by atoms with Crippen molar-refractivity contribution in [2.75, 3.05) is 18.4 Å². The Morgan fingerprint density at radius 2 is 2.04 bits per heavy atom. The van der Waals surface area contributed by atoms with E-state index in [9.17, 15) is 28.1 Å². The predicted molar refractivity (Wildman–Crippen MR) is 88.2 cm³/mol. The van der Waals surface area contributed by atoms with Crippen molar-refractivity contribution in [3.05, 3.63) is 33.4 Å². The van der Waals surface area contributed by atoms with Gasteiger partial charge in [0.2, 0.25) is 0 Å². The zero-order valence-corrected chi connectivity index (χ0v) is 14.3. The Bertz CT molecular complexity index is 703. The maximum absolute atomic E-state index is 13.0. The maximum Gasteiger partial charge on any atom is 0.416 e. The van der Waals surface area contributed by atoms with Crippen molar-refractivity contribution in [1.29, 1.82) is 0 Å². The molecule has 10 heteroatoms. The van der Waals surface area contributed by atoms with Gasteiger partial charge < -0.3 is 10.4 Å². The van der Waals surface area contributed by atoms with Gasteiger partial charge in [0, 0.05) is 18.2 Å². The first kappa shape index (κ1) is 20.0. The number of rotatable bonds is 7. The van der Waals surface area contributed by atoms with Gasteiger partial charge in [-0.1, -0.05) is 6.92 Å². The Morgan fingerprint density at radius 1 is 1.42 bits per heavy atom. The Hall–Kier alpha value is -2.36. The zero-order chi connectivity index (χ0) is 19.6. The summed E-state index contributed by atoms with van der Waals surface area (Å²) in [5, 5.41) is 23.0. The minimum absolute atomic E-state index is 0.0307. The number of nitro groups is 1. The minimum Gasteiger partial charge on any atom is -0.480 e. The molecule has 1 fully saturated rings. The Morgan fingerprint density at radius 3 is 2.50 bits per heavy atom. The topological polar surface area (TPSA) is 95.7 Å². The van der Waals surface area contributed by atoms with Crippen molar-refractivity contribution in [3.63, 3.8) is 0 Å². The number of alkyl halides is 3. The minimum atomic E-state index is -4.66. The third kappa shape index (κ3) is 4.43. The average molecular weight is 375 g/mol. The molecule has 0 heterocycles. The molecular formula is C16H20F3N3O4. The van der Waals surface area contributed by atoms with E-state index in [-0.39, 0.29) is 29.9 Å². The number of nitrogens with zero attached hydrogens (tertiary/aromatic N) is 2. The van der Waals surface area contributed by atoms with Gasteiger partial charge in [0.1, 0.15) is 5.69 Å². The molecule has 0 amide bonds. The molecule has 1 saturated carbocycles. The van der Waals surface area contributed by atoms with Gasteiger partial charge in [-0.05, 0) is 37.9 Å². The van der Waals surface area contributed by atoms with E-state index in [4.69, 9.17) is 5.11 Å². The highest BCUT2D eigenvalue weighted by atomic mass is 19.4. The molecular weight excluding hydrogens is 355 g/mol. The third-order valence-corrected chi connectivity index (χ3v) is 4.58. The summed E-state index contributed by atoms with van der Waals surface area (Å²) in [6.45, 7) is 3.57. The molecule has 26 heavy (non-hydrogen) atoms. The van der Waals surface area contributed by atoms with Crippen molar-refractivity contribution >= 4 is 17.3 Å². The van der Waals surface area contributed by atoms with Crippen molar-refractivity contribution < 1.29 is 28.0 Å². The second-order valence-corrected chi connectivity index (χ2v) is 6.36. The molecule has 0 unspecified atom stereocenters. The van der Waals surface area contributed by atoms with Crippen LogP contribution in [0.15, 0.2) is 12.1 Å². The standard InChI is InChI=1S/C16H20F3N3O4/c1-3-21(8-15(23)24)11-5-10(6-11)20-13-4-9(2)12(16(17,18)19)7-14(13)22(25)26/h4,7,10-11,20H,3,5-6,8H2,1-2H3,(H,23,24). The van der Waals surface area contributed by atoms with Crippen LogP contribution in [-0.4, -0.2) is 46.1 Å². The summed E-state index contributed by atoms with van der Waals surface area (Å²) >= 11 is 0. The number of hydrogen-bond donors (Lipinski definition) is 2. The van der Waals surface area contributed by atoms with Crippen LogP contribution in [0, 0.1) is 17.0 Å². The number of carboxylic acid groups (broad SMARTS) is 1. The number of aryl methyl sites for hydroxylation is 1. The molecule has 0 aromatic heterocycles. The predicted octanol–water partition coefficient (Wildman–Crippen LogP) is 3.27.